The Bertz CT molecular complexity index is 885. The van der Waals surface area contributed by atoms with Crippen LogP contribution in [0.5, 0.6) is 5.75 Å². The van der Waals surface area contributed by atoms with Crippen molar-refractivity contribution >= 4 is 10.0 Å². The molecule has 1 aromatic carbocycles. The average molecular weight is 361 g/mol. The maximum atomic E-state index is 12.7. The van der Waals surface area contributed by atoms with Gasteiger partial charge in [0.05, 0.1) is 18.3 Å². The lowest BCUT2D eigenvalue weighted by molar-refractivity contribution is 0.402. The molecule has 2 heterocycles. The van der Waals surface area contributed by atoms with Crippen LogP contribution in [-0.4, -0.2) is 31.9 Å². The first-order valence-corrected chi connectivity index (χ1v) is 9.16. The molecule has 0 radical (unpaired) electrons. The molecule has 0 amide bonds. The van der Waals surface area contributed by atoms with Crippen LogP contribution >= 0.6 is 0 Å². The van der Waals surface area contributed by atoms with Gasteiger partial charge in [0, 0.05) is 18.9 Å². The van der Waals surface area contributed by atoms with Crippen LogP contribution in [0.3, 0.4) is 0 Å². The molecule has 3 aromatic rings. The second-order valence-electron chi connectivity index (χ2n) is 5.50. The van der Waals surface area contributed by atoms with Crippen molar-refractivity contribution in [2.24, 2.45) is 0 Å². The fourth-order valence-electron chi connectivity index (χ4n) is 2.59. The summed E-state index contributed by atoms with van der Waals surface area (Å²) >= 11 is 0. The molecular formula is C17H19N3O4S. The Labute approximate surface area is 146 Å². The van der Waals surface area contributed by atoms with E-state index in [-0.39, 0.29) is 17.5 Å². The highest BCUT2D eigenvalue weighted by atomic mass is 32.2. The maximum absolute atomic E-state index is 12.7. The molecule has 3 rings (SSSR count). The van der Waals surface area contributed by atoms with Gasteiger partial charge in [-0.25, -0.2) is 13.1 Å². The number of furan rings is 1. The second-order valence-corrected chi connectivity index (χ2v) is 7.24. The molecule has 0 spiro atoms. The van der Waals surface area contributed by atoms with Crippen molar-refractivity contribution in [3.8, 4) is 5.75 Å². The van der Waals surface area contributed by atoms with E-state index in [9.17, 15) is 8.42 Å². The van der Waals surface area contributed by atoms with Crippen LogP contribution in [0.4, 0.5) is 0 Å². The van der Waals surface area contributed by atoms with Crippen molar-refractivity contribution in [3.63, 3.8) is 0 Å². The third kappa shape index (κ3) is 3.75. The molecule has 0 saturated carbocycles. The minimum Gasteiger partial charge on any atom is -0.497 e. The number of benzene rings is 1. The molecule has 1 N–H and O–H groups in total. The zero-order valence-electron chi connectivity index (χ0n) is 13.9. The molecule has 0 aliphatic rings. The zero-order chi connectivity index (χ0) is 17.9. The Hall–Kier alpha value is -2.58. The van der Waals surface area contributed by atoms with E-state index in [0.29, 0.717) is 17.1 Å². The summed E-state index contributed by atoms with van der Waals surface area (Å²) in [6, 6.07) is 9.79. The Morgan fingerprint density at radius 1 is 1.32 bits per heavy atom. The van der Waals surface area contributed by atoms with E-state index in [0.717, 1.165) is 0 Å². The number of ether oxygens (including phenoxy) is 1. The highest BCUT2D eigenvalue weighted by Crippen LogP contribution is 2.22. The number of aryl methyl sites for hydroxylation is 1. The van der Waals surface area contributed by atoms with Gasteiger partial charge < -0.3 is 9.15 Å². The summed E-state index contributed by atoms with van der Waals surface area (Å²) in [6.45, 7) is 1.84. The van der Waals surface area contributed by atoms with Crippen LogP contribution < -0.4 is 9.46 Å². The molecule has 1 atom stereocenters. The zero-order valence-corrected chi connectivity index (χ0v) is 14.7. The van der Waals surface area contributed by atoms with Gasteiger partial charge in [0.15, 0.2) is 0 Å². The van der Waals surface area contributed by atoms with E-state index >= 15 is 0 Å². The fraction of sp³-hybridized carbons (Fsp3) is 0.235. The number of nitrogens with one attached hydrogen (secondary N) is 1. The average Bonchev–Trinajstić information content (AvgIpc) is 3.28. The first kappa shape index (κ1) is 17.2. The fourth-order valence-corrected chi connectivity index (χ4v) is 3.85. The van der Waals surface area contributed by atoms with E-state index < -0.39 is 10.0 Å². The van der Waals surface area contributed by atoms with Gasteiger partial charge in [0.25, 0.3) is 0 Å². The Morgan fingerprint density at radius 3 is 2.76 bits per heavy atom. The van der Waals surface area contributed by atoms with Crippen LogP contribution in [0.15, 0.2) is 64.4 Å². The number of hydrogen-bond acceptors (Lipinski definition) is 5. The van der Waals surface area contributed by atoms with E-state index in [1.165, 1.54) is 6.07 Å². The summed E-state index contributed by atoms with van der Waals surface area (Å²) < 4.78 is 40.2. The highest BCUT2D eigenvalue weighted by Gasteiger charge is 2.22. The largest absolute Gasteiger partial charge is 0.497 e. The Morgan fingerprint density at radius 2 is 2.16 bits per heavy atom. The monoisotopic (exact) mass is 361 g/mol. The first-order chi connectivity index (χ1) is 12.0. The van der Waals surface area contributed by atoms with Crippen LogP contribution in [0.2, 0.25) is 0 Å². The number of methoxy groups -OCH3 is 1. The van der Waals surface area contributed by atoms with Crippen molar-refractivity contribution in [3.05, 3.63) is 66.4 Å². The highest BCUT2D eigenvalue weighted by molar-refractivity contribution is 7.89. The van der Waals surface area contributed by atoms with E-state index in [1.807, 2.05) is 0 Å². The van der Waals surface area contributed by atoms with Gasteiger partial charge in [-0.1, -0.05) is 0 Å². The summed E-state index contributed by atoms with van der Waals surface area (Å²) in [5.41, 5.74) is 0.612. The minimum absolute atomic E-state index is 0.114. The molecule has 25 heavy (non-hydrogen) atoms. The van der Waals surface area contributed by atoms with Gasteiger partial charge >= 0.3 is 0 Å². The van der Waals surface area contributed by atoms with Gasteiger partial charge in [0.2, 0.25) is 10.0 Å². The van der Waals surface area contributed by atoms with Crippen molar-refractivity contribution < 1.29 is 17.6 Å². The summed E-state index contributed by atoms with van der Waals surface area (Å²) in [5.74, 6) is 1.24. The van der Waals surface area contributed by atoms with E-state index in [1.54, 1.807) is 67.7 Å². The summed E-state index contributed by atoms with van der Waals surface area (Å²) in [5, 5.41) is 4.19. The van der Waals surface area contributed by atoms with Crippen molar-refractivity contribution in [1.82, 2.24) is 14.5 Å². The SMILES string of the molecule is COc1ccc(S(=O)(=O)NCC(c2ccco2)n2cccn2)c(C)c1. The molecule has 8 heteroatoms. The summed E-state index contributed by atoms with van der Waals surface area (Å²) in [4.78, 5) is 0.215. The van der Waals surface area contributed by atoms with Crippen LogP contribution in [0.1, 0.15) is 17.4 Å². The van der Waals surface area contributed by atoms with Gasteiger partial charge in [-0.2, -0.15) is 5.10 Å². The number of aromatic nitrogens is 2. The van der Waals surface area contributed by atoms with Crippen LogP contribution in [0.25, 0.3) is 0 Å². The van der Waals surface area contributed by atoms with Gasteiger partial charge in [0.1, 0.15) is 17.6 Å². The van der Waals surface area contributed by atoms with Gasteiger partial charge in [-0.3, -0.25) is 4.68 Å². The van der Waals surface area contributed by atoms with Crippen LogP contribution in [0, 0.1) is 6.92 Å². The quantitative estimate of drug-likeness (QED) is 0.698. The predicted molar refractivity (Wildman–Crippen MR) is 92.0 cm³/mol. The molecule has 0 aliphatic carbocycles. The number of rotatable bonds is 7. The van der Waals surface area contributed by atoms with Gasteiger partial charge in [-0.05, 0) is 48.9 Å². The first-order valence-electron chi connectivity index (χ1n) is 7.68. The summed E-state index contributed by atoms with van der Waals surface area (Å²) in [7, 11) is -2.14. The van der Waals surface area contributed by atoms with E-state index in [4.69, 9.17) is 9.15 Å². The lowest BCUT2D eigenvalue weighted by atomic mass is 10.2. The predicted octanol–water partition coefficient (Wildman–Crippen LogP) is 2.36. The molecular weight excluding hydrogens is 342 g/mol. The Kier molecular flexibility index (Phi) is 4.91. The lowest BCUT2D eigenvalue weighted by Gasteiger charge is -2.17. The Balaban J connectivity index is 1.83. The second kappa shape index (κ2) is 7.12. The van der Waals surface area contributed by atoms with Crippen LogP contribution in [-0.2, 0) is 10.0 Å². The smallest absolute Gasteiger partial charge is 0.240 e. The van der Waals surface area contributed by atoms with E-state index in [2.05, 4.69) is 9.82 Å². The van der Waals surface area contributed by atoms with Gasteiger partial charge in [-0.15, -0.1) is 0 Å². The molecule has 132 valence electrons. The number of nitrogens with zero attached hydrogens (tertiary/aromatic N) is 2. The molecule has 0 saturated heterocycles. The lowest BCUT2D eigenvalue weighted by Crippen LogP contribution is -2.31. The summed E-state index contributed by atoms with van der Waals surface area (Å²) in [6.07, 6.45) is 4.95. The standard InChI is InChI=1S/C17H19N3O4S/c1-13-11-14(23-2)6-7-17(13)25(21,22)19-12-15(16-5-3-10-24-16)20-9-4-8-18-20/h3-11,15,19H,12H2,1-2H3. The topological polar surface area (TPSA) is 86.4 Å². The molecule has 0 aliphatic heterocycles. The normalized spacial score (nSPS) is 12.9. The number of hydrogen-bond donors (Lipinski definition) is 1. The molecule has 0 bridgehead atoms. The third-order valence-corrected chi connectivity index (χ3v) is 5.44. The molecule has 1 unspecified atom stereocenters. The molecule has 7 nitrogen and oxygen atoms in total. The van der Waals surface area contributed by atoms with Crippen molar-refractivity contribution in [1.29, 1.82) is 0 Å². The van der Waals surface area contributed by atoms with Crippen molar-refractivity contribution in [2.45, 2.75) is 17.9 Å². The molecule has 0 fully saturated rings. The maximum Gasteiger partial charge on any atom is 0.240 e. The van der Waals surface area contributed by atoms with Crippen molar-refractivity contribution in [2.75, 3.05) is 13.7 Å². The number of sulfonamides is 1. The minimum atomic E-state index is -3.68. The third-order valence-electron chi connectivity index (χ3n) is 3.85. The molecule has 2 aromatic heterocycles.